The summed E-state index contributed by atoms with van der Waals surface area (Å²) in [4.78, 5) is 28.1. The lowest BCUT2D eigenvalue weighted by molar-refractivity contribution is -0.120. The van der Waals surface area contributed by atoms with Gasteiger partial charge < -0.3 is 14.5 Å². The average Bonchev–Trinajstić information content (AvgIpc) is 3.07. The van der Waals surface area contributed by atoms with Crippen molar-refractivity contribution in [3.8, 4) is 11.5 Å². The fourth-order valence-electron chi connectivity index (χ4n) is 2.59. The van der Waals surface area contributed by atoms with Crippen LogP contribution in [0.5, 0.6) is 0 Å². The molecule has 0 aliphatic rings. The van der Waals surface area contributed by atoms with E-state index in [0.29, 0.717) is 29.5 Å². The number of benzene rings is 2. The minimum absolute atomic E-state index is 0.141. The Morgan fingerprint density at radius 3 is 2.44 bits per heavy atom. The van der Waals surface area contributed by atoms with E-state index in [2.05, 4.69) is 15.0 Å². The van der Waals surface area contributed by atoms with Gasteiger partial charge >= 0.3 is 5.97 Å². The molecule has 0 fully saturated rings. The summed E-state index contributed by atoms with van der Waals surface area (Å²) >= 11 is 0. The normalized spacial score (nSPS) is 10.4. The predicted molar refractivity (Wildman–Crippen MR) is 100 cm³/mol. The van der Waals surface area contributed by atoms with Gasteiger partial charge in [-0.25, -0.2) is 9.78 Å². The molecule has 3 rings (SSSR count). The molecule has 0 atom stereocenters. The van der Waals surface area contributed by atoms with E-state index < -0.39 is 0 Å². The van der Waals surface area contributed by atoms with Crippen LogP contribution in [-0.4, -0.2) is 24.0 Å². The van der Waals surface area contributed by atoms with Crippen molar-refractivity contribution in [2.24, 2.45) is 0 Å². The van der Waals surface area contributed by atoms with Gasteiger partial charge in [0.05, 0.1) is 24.8 Å². The van der Waals surface area contributed by atoms with Crippen LogP contribution >= 0.6 is 0 Å². The Morgan fingerprint density at radius 1 is 1.07 bits per heavy atom. The van der Waals surface area contributed by atoms with Gasteiger partial charge in [-0.1, -0.05) is 30.3 Å². The number of aryl methyl sites for hydroxylation is 1. The number of nitrogens with zero attached hydrogens (tertiary/aromatic N) is 1. The Hall–Kier alpha value is -3.41. The molecule has 0 aliphatic carbocycles. The molecule has 6 heteroatoms. The molecular weight excluding hydrogens is 344 g/mol. The highest BCUT2D eigenvalue weighted by atomic mass is 16.5. The molecule has 0 saturated carbocycles. The Bertz CT molecular complexity index is 931. The van der Waals surface area contributed by atoms with Crippen LogP contribution in [-0.2, 0) is 22.5 Å². The zero-order valence-corrected chi connectivity index (χ0v) is 15.2. The summed E-state index contributed by atoms with van der Waals surface area (Å²) in [7, 11) is 1.34. The van der Waals surface area contributed by atoms with Gasteiger partial charge in [0.2, 0.25) is 11.8 Å². The lowest BCUT2D eigenvalue weighted by Gasteiger charge is -2.05. The highest BCUT2D eigenvalue weighted by molar-refractivity contribution is 5.89. The number of carbonyl (C=O) groups is 2. The van der Waals surface area contributed by atoms with Crippen molar-refractivity contribution in [1.29, 1.82) is 0 Å². The molecular formula is C21H20N2O4. The molecule has 27 heavy (non-hydrogen) atoms. The lowest BCUT2D eigenvalue weighted by atomic mass is 10.1. The Balaban J connectivity index is 1.58. The van der Waals surface area contributed by atoms with Gasteiger partial charge in [-0.05, 0) is 36.8 Å². The summed E-state index contributed by atoms with van der Waals surface area (Å²) in [5.74, 6) is 0.602. The van der Waals surface area contributed by atoms with Crippen molar-refractivity contribution in [2.75, 3.05) is 7.11 Å². The van der Waals surface area contributed by atoms with Crippen LogP contribution in [0.15, 0.2) is 59.0 Å². The van der Waals surface area contributed by atoms with Gasteiger partial charge in [-0.15, -0.1) is 0 Å². The second kappa shape index (κ2) is 8.31. The van der Waals surface area contributed by atoms with Crippen molar-refractivity contribution in [1.82, 2.24) is 10.3 Å². The number of methoxy groups -OCH3 is 1. The second-order valence-corrected chi connectivity index (χ2v) is 6.03. The van der Waals surface area contributed by atoms with Gasteiger partial charge in [-0.2, -0.15) is 0 Å². The molecule has 2 aromatic carbocycles. The number of amides is 1. The van der Waals surface area contributed by atoms with Crippen molar-refractivity contribution >= 4 is 11.9 Å². The first-order valence-corrected chi connectivity index (χ1v) is 8.52. The van der Waals surface area contributed by atoms with Crippen LogP contribution < -0.4 is 5.32 Å². The monoisotopic (exact) mass is 364 g/mol. The van der Waals surface area contributed by atoms with Crippen LogP contribution in [0.25, 0.3) is 11.5 Å². The third-order valence-corrected chi connectivity index (χ3v) is 4.11. The van der Waals surface area contributed by atoms with Crippen LogP contribution in [0.4, 0.5) is 0 Å². The van der Waals surface area contributed by atoms with Crippen molar-refractivity contribution < 1.29 is 18.7 Å². The number of hydrogen-bond acceptors (Lipinski definition) is 5. The van der Waals surface area contributed by atoms with Crippen molar-refractivity contribution in [2.45, 2.75) is 19.9 Å². The molecule has 0 spiro atoms. The lowest BCUT2D eigenvalue weighted by Crippen LogP contribution is -2.25. The van der Waals surface area contributed by atoms with E-state index in [4.69, 9.17) is 4.42 Å². The summed E-state index contributed by atoms with van der Waals surface area (Å²) in [6, 6.07) is 16.5. The van der Waals surface area contributed by atoms with E-state index in [-0.39, 0.29) is 18.3 Å². The van der Waals surface area contributed by atoms with E-state index in [1.165, 1.54) is 7.11 Å². The zero-order chi connectivity index (χ0) is 19.2. The minimum Gasteiger partial charge on any atom is -0.465 e. The molecule has 0 bridgehead atoms. The van der Waals surface area contributed by atoms with Gasteiger partial charge in [0, 0.05) is 12.1 Å². The molecule has 6 nitrogen and oxygen atoms in total. The van der Waals surface area contributed by atoms with Crippen molar-refractivity contribution in [3.05, 3.63) is 77.2 Å². The van der Waals surface area contributed by atoms with Crippen LogP contribution in [0.2, 0.25) is 0 Å². The van der Waals surface area contributed by atoms with E-state index in [0.717, 1.165) is 11.1 Å². The maximum absolute atomic E-state index is 12.2. The maximum Gasteiger partial charge on any atom is 0.337 e. The summed E-state index contributed by atoms with van der Waals surface area (Å²) in [6.45, 7) is 2.16. The predicted octanol–water partition coefficient (Wildman–Crippen LogP) is 3.30. The van der Waals surface area contributed by atoms with Crippen LogP contribution in [0, 0.1) is 6.92 Å². The molecule has 1 amide bonds. The molecule has 0 saturated heterocycles. The zero-order valence-electron chi connectivity index (χ0n) is 15.2. The molecule has 3 aromatic rings. The van der Waals surface area contributed by atoms with Crippen LogP contribution in [0.3, 0.4) is 0 Å². The van der Waals surface area contributed by atoms with E-state index >= 15 is 0 Å². The first-order valence-electron chi connectivity index (χ1n) is 8.52. The number of oxazole rings is 1. The highest BCUT2D eigenvalue weighted by Crippen LogP contribution is 2.21. The number of carbonyl (C=O) groups excluding carboxylic acids is 2. The summed E-state index contributed by atoms with van der Waals surface area (Å²) < 4.78 is 10.3. The third kappa shape index (κ3) is 4.61. The average molecular weight is 364 g/mol. The first-order chi connectivity index (χ1) is 13.1. The largest absolute Gasteiger partial charge is 0.465 e. The van der Waals surface area contributed by atoms with Gasteiger partial charge in [0.25, 0.3) is 0 Å². The summed E-state index contributed by atoms with van der Waals surface area (Å²) in [5, 5.41) is 2.85. The number of esters is 1. The number of ether oxygens (including phenoxy) is 1. The van der Waals surface area contributed by atoms with Gasteiger partial charge in [0.15, 0.2) is 0 Å². The summed E-state index contributed by atoms with van der Waals surface area (Å²) in [5.41, 5.74) is 2.85. The van der Waals surface area contributed by atoms with E-state index in [9.17, 15) is 9.59 Å². The second-order valence-electron chi connectivity index (χ2n) is 6.03. The smallest absolute Gasteiger partial charge is 0.337 e. The van der Waals surface area contributed by atoms with Gasteiger partial charge in [-0.3, -0.25) is 4.79 Å². The molecule has 0 aliphatic heterocycles. The number of nitrogens with one attached hydrogen (secondary N) is 1. The molecule has 0 unspecified atom stereocenters. The number of hydrogen-bond donors (Lipinski definition) is 1. The van der Waals surface area contributed by atoms with Gasteiger partial charge in [0.1, 0.15) is 5.76 Å². The van der Waals surface area contributed by atoms with E-state index in [1.807, 2.05) is 30.3 Å². The minimum atomic E-state index is -0.388. The van der Waals surface area contributed by atoms with Crippen LogP contribution in [0.1, 0.15) is 27.4 Å². The Morgan fingerprint density at radius 2 is 1.78 bits per heavy atom. The molecule has 1 N–H and O–H groups in total. The highest BCUT2D eigenvalue weighted by Gasteiger charge is 2.14. The van der Waals surface area contributed by atoms with E-state index in [1.54, 1.807) is 31.2 Å². The quantitative estimate of drug-likeness (QED) is 0.679. The fraction of sp³-hybridized carbons (Fsp3) is 0.190. The molecule has 1 aromatic heterocycles. The molecule has 1 heterocycles. The number of aromatic nitrogens is 1. The topological polar surface area (TPSA) is 81.4 Å². The first kappa shape index (κ1) is 18.4. The number of rotatable bonds is 6. The fourth-order valence-corrected chi connectivity index (χ4v) is 2.59. The third-order valence-electron chi connectivity index (χ3n) is 4.11. The maximum atomic E-state index is 12.2. The Labute approximate surface area is 157 Å². The standard InChI is InChI=1S/C21H20N2O4/c1-14-18(23-20(27-14)16-6-4-3-5-7-16)12-19(24)22-13-15-8-10-17(11-9-15)21(25)26-2/h3-11H,12-13H2,1-2H3,(H,22,24). The Kier molecular flexibility index (Phi) is 5.66. The molecule has 138 valence electrons. The summed E-state index contributed by atoms with van der Waals surface area (Å²) in [6.07, 6.45) is 0.141. The molecule has 0 radical (unpaired) electrons. The van der Waals surface area contributed by atoms with Crippen molar-refractivity contribution in [3.63, 3.8) is 0 Å². The SMILES string of the molecule is COC(=O)c1ccc(CNC(=O)Cc2nc(-c3ccccc3)oc2C)cc1.